The van der Waals surface area contributed by atoms with Gasteiger partial charge in [0.1, 0.15) is 0 Å². The lowest BCUT2D eigenvalue weighted by molar-refractivity contribution is -0.122. The Morgan fingerprint density at radius 1 is 1.77 bits per heavy atom. The van der Waals surface area contributed by atoms with Gasteiger partial charge >= 0.3 is 0 Å². The second kappa shape index (κ2) is 5.60. The van der Waals surface area contributed by atoms with Crippen molar-refractivity contribution in [3.63, 3.8) is 0 Å². The Labute approximate surface area is 87.3 Å². The fourth-order valence-electron chi connectivity index (χ4n) is 1.33. The molecule has 1 aliphatic heterocycles. The van der Waals surface area contributed by atoms with Crippen LogP contribution >= 0.6 is 15.9 Å². The highest BCUT2D eigenvalue weighted by Crippen LogP contribution is 2.09. The molecule has 1 rings (SSSR count). The SMILES string of the molecule is CCC(Br)C(=O)NC1CCCOC1. The van der Waals surface area contributed by atoms with E-state index in [0.717, 1.165) is 25.9 Å². The summed E-state index contributed by atoms with van der Waals surface area (Å²) in [7, 11) is 0. The van der Waals surface area contributed by atoms with Gasteiger partial charge in [-0.05, 0) is 19.3 Å². The van der Waals surface area contributed by atoms with Gasteiger partial charge in [-0.2, -0.15) is 0 Å². The molecule has 0 aliphatic carbocycles. The van der Waals surface area contributed by atoms with E-state index in [4.69, 9.17) is 4.74 Å². The highest BCUT2D eigenvalue weighted by molar-refractivity contribution is 9.10. The quantitative estimate of drug-likeness (QED) is 0.770. The van der Waals surface area contributed by atoms with E-state index in [0.29, 0.717) is 6.61 Å². The van der Waals surface area contributed by atoms with Crippen LogP contribution in [0, 0.1) is 0 Å². The average Bonchev–Trinajstić information content (AvgIpc) is 2.18. The van der Waals surface area contributed by atoms with E-state index in [1.54, 1.807) is 0 Å². The van der Waals surface area contributed by atoms with Crippen molar-refractivity contribution in [1.82, 2.24) is 5.32 Å². The smallest absolute Gasteiger partial charge is 0.234 e. The molecule has 1 aliphatic rings. The second-order valence-corrected chi connectivity index (χ2v) is 4.40. The molecule has 0 aromatic rings. The molecule has 1 fully saturated rings. The predicted octanol–water partition coefficient (Wildman–Crippen LogP) is 1.46. The molecular formula is C9H16BrNO2. The van der Waals surface area contributed by atoms with Gasteiger partial charge in [-0.15, -0.1) is 0 Å². The molecule has 4 heteroatoms. The van der Waals surface area contributed by atoms with Gasteiger partial charge in [0.2, 0.25) is 5.91 Å². The van der Waals surface area contributed by atoms with Crippen molar-refractivity contribution < 1.29 is 9.53 Å². The largest absolute Gasteiger partial charge is 0.379 e. The topological polar surface area (TPSA) is 38.3 Å². The molecule has 2 atom stereocenters. The van der Waals surface area contributed by atoms with Crippen LogP contribution in [-0.2, 0) is 9.53 Å². The molecule has 1 saturated heterocycles. The number of alkyl halides is 1. The molecule has 1 N–H and O–H groups in total. The lowest BCUT2D eigenvalue weighted by Gasteiger charge is -2.24. The first-order chi connectivity index (χ1) is 6.24. The van der Waals surface area contributed by atoms with Crippen molar-refractivity contribution in [2.75, 3.05) is 13.2 Å². The summed E-state index contributed by atoms with van der Waals surface area (Å²) in [6.07, 6.45) is 2.90. The van der Waals surface area contributed by atoms with Crippen LogP contribution < -0.4 is 5.32 Å². The van der Waals surface area contributed by atoms with Crippen LogP contribution in [0.1, 0.15) is 26.2 Å². The molecule has 3 nitrogen and oxygen atoms in total. The number of nitrogens with one attached hydrogen (secondary N) is 1. The zero-order valence-corrected chi connectivity index (χ0v) is 9.47. The number of halogens is 1. The van der Waals surface area contributed by atoms with Crippen LogP contribution in [0.2, 0.25) is 0 Å². The van der Waals surface area contributed by atoms with Gasteiger partial charge in [0.05, 0.1) is 17.5 Å². The minimum Gasteiger partial charge on any atom is -0.379 e. The van der Waals surface area contributed by atoms with Crippen molar-refractivity contribution >= 4 is 21.8 Å². The van der Waals surface area contributed by atoms with E-state index in [1.807, 2.05) is 6.92 Å². The van der Waals surface area contributed by atoms with Crippen LogP contribution in [0.25, 0.3) is 0 Å². The maximum absolute atomic E-state index is 11.4. The summed E-state index contributed by atoms with van der Waals surface area (Å²) >= 11 is 3.32. The first-order valence-electron chi connectivity index (χ1n) is 4.76. The molecule has 0 radical (unpaired) electrons. The zero-order valence-electron chi connectivity index (χ0n) is 7.88. The third-order valence-corrected chi connectivity index (χ3v) is 3.21. The number of rotatable bonds is 3. The normalized spacial score (nSPS) is 25.2. The van der Waals surface area contributed by atoms with Crippen molar-refractivity contribution in [3.8, 4) is 0 Å². The predicted molar refractivity (Wildman–Crippen MR) is 55.0 cm³/mol. The molecule has 0 aromatic heterocycles. The molecule has 0 saturated carbocycles. The maximum atomic E-state index is 11.4. The maximum Gasteiger partial charge on any atom is 0.234 e. The lowest BCUT2D eigenvalue weighted by atomic mass is 10.1. The van der Waals surface area contributed by atoms with Gasteiger partial charge in [0, 0.05) is 6.61 Å². The number of hydrogen-bond donors (Lipinski definition) is 1. The third-order valence-electron chi connectivity index (χ3n) is 2.15. The zero-order chi connectivity index (χ0) is 9.68. The lowest BCUT2D eigenvalue weighted by Crippen LogP contribution is -2.43. The van der Waals surface area contributed by atoms with Crippen molar-refractivity contribution in [2.24, 2.45) is 0 Å². The fourth-order valence-corrected chi connectivity index (χ4v) is 1.46. The fraction of sp³-hybridized carbons (Fsp3) is 0.889. The van der Waals surface area contributed by atoms with Crippen molar-refractivity contribution in [1.29, 1.82) is 0 Å². The molecule has 1 amide bonds. The first kappa shape index (κ1) is 11.0. The first-order valence-corrected chi connectivity index (χ1v) is 5.67. The number of ether oxygens (including phenoxy) is 1. The Morgan fingerprint density at radius 2 is 2.54 bits per heavy atom. The van der Waals surface area contributed by atoms with Crippen LogP contribution in [0.15, 0.2) is 0 Å². The molecular weight excluding hydrogens is 234 g/mol. The van der Waals surface area contributed by atoms with Gasteiger partial charge in [-0.3, -0.25) is 4.79 Å². The molecule has 0 bridgehead atoms. The van der Waals surface area contributed by atoms with E-state index < -0.39 is 0 Å². The molecule has 0 aromatic carbocycles. The summed E-state index contributed by atoms with van der Waals surface area (Å²) in [6.45, 7) is 3.48. The average molecular weight is 250 g/mol. The molecule has 2 unspecified atom stereocenters. The number of amides is 1. The Balaban J connectivity index is 2.26. The van der Waals surface area contributed by atoms with Gasteiger partial charge < -0.3 is 10.1 Å². The highest BCUT2D eigenvalue weighted by atomic mass is 79.9. The standard InChI is InChI=1S/C9H16BrNO2/c1-2-8(10)9(12)11-7-4-3-5-13-6-7/h7-8H,2-6H2,1H3,(H,11,12). The van der Waals surface area contributed by atoms with Gasteiger partial charge in [-0.25, -0.2) is 0 Å². The molecule has 13 heavy (non-hydrogen) atoms. The van der Waals surface area contributed by atoms with E-state index >= 15 is 0 Å². The van der Waals surface area contributed by atoms with Crippen molar-refractivity contribution in [3.05, 3.63) is 0 Å². The van der Waals surface area contributed by atoms with Gasteiger partial charge in [0.15, 0.2) is 0 Å². The second-order valence-electron chi connectivity index (χ2n) is 3.30. The monoisotopic (exact) mass is 249 g/mol. The summed E-state index contributed by atoms with van der Waals surface area (Å²) in [5.41, 5.74) is 0. The molecule has 76 valence electrons. The summed E-state index contributed by atoms with van der Waals surface area (Å²) in [6, 6.07) is 0.216. The Hall–Kier alpha value is -0.0900. The Morgan fingerprint density at radius 3 is 3.08 bits per heavy atom. The van der Waals surface area contributed by atoms with E-state index in [1.165, 1.54) is 0 Å². The summed E-state index contributed by atoms with van der Waals surface area (Å²) < 4.78 is 5.27. The van der Waals surface area contributed by atoms with E-state index in [9.17, 15) is 4.79 Å². The van der Waals surface area contributed by atoms with Crippen LogP contribution in [0.4, 0.5) is 0 Å². The Kier molecular flexibility index (Phi) is 4.73. The summed E-state index contributed by atoms with van der Waals surface area (Å²) in [4.78, 5) is 11.4. The number of hydrogen-bond acceptors (Lipinski definition) is 2. The number of carbonyl (C=O) groups excluding carboxylic acids is 1. The van der Waals surface area contributed by atoms with E-state index in [2.05, 4.69) is 21.2 Å². The summed E-state index contributed by atoms with van der Waals surface area (Å²) in [5.74, 6) is 0.0815. The molecule has 0 spiro atoms. The van der Waals surface area contributed by atoms with Crippen LogP contribution in [0.5, 0.6) is 0 Å². The van der Waals surface area contributed by atoms with Gasteiger partial charge in [0.25, 0.3) is 0 Å². The van der Waals surface area contributed by atoms with Crippen molar-refractivity contribution in [2.45, 2.75) is 37.1 Å². The summed E-state index contributed by atoms with van der Waals surface area (Å²) in [5, 5.41) is 2.96. The van der Waals surface area contributed by atoms with Gasteiger partial charge in [-0.1, -0.05) is 22.9 Å². The molecule has 1 heterocycles. The highest BCUT2D eigenvalue weighted by Gasteiger charge is 2.19. The minimum absolute atomic E-state index is 0.0607. The minimum atomic E-state index is -0.0607. The van der Waals surface area contributed by atoms with Crippen LogP contribution in [0.3, 0.4) is 0 Å². The van der Waals surface area contributed by atoms with E-state index in [-0.39, 0.29) is 16.8 Å². The number of carbonyl (C=O) groups is 1. The third kappa shape index (κ3) is 3.65. The van der Waals surface area contributed by atoms with Crippen LogP contribution in [-0.4, -0.2) is 30.0 Å². The Bertz CT molecular complexity index is 169.